The monoisotopic (exact) mass is 309 g/mol. The van der Waals surface area contributed by atoms with E-state index in [0.717, 1.165) is 29.4 Å². The number of carbonyl (C=O) groups excluding carboxylic acids is 1. The Morgan fingerprint density at radius 2 is 2.39 bits per heavy atom. The van der Waals surface area contributed by atoms with Crippen molar-refractivity contribution < 1.29 is 9.90 Å². The summed E-state index contributed by atoms with van der Waals surface area (Å²) in [5.74, 6) is -0.0217. The number of aliphatic hydroxyl groups excluding tert-OH is 1. The van der Waals surface area contributed by atoms with Gasteiger partial charge in [0, 0.05) is 17.1 Å². The second-order valence-corrected chi connectivity index (χ2v) is 5.31. The van der Waals surface area contributed by atoms with Crippen LogP contribution >= 0.6 is 15.9 Å². The Bertz CT molecular complexity index is 459. The summed E-state index contributed by atoms with van der Waals surface area (Å²) < 4.78 is 0.992. The highest BCUT2D eigenvalue weighted by Crippen LogP contribution is 2.18. The standard InChI is InChI=1S/C14H16BrNO2/c15-12-4-1-3-11(9-12)6-7-14(18)16-8-2-5-13(16)10-17/h1,3-4,6-7,9,13,17H,2,5,8,10H2. The third-order valence-corrected chi connectivity index (χ3v) is 3.63. The summed E-state index contributed by atoms with van der Waals surface area (Å²) in [6.45, 7) is 0.795. The third-order valence-electron chi connectivity index (χ3n) is 3.14. The van der Waals surface area contributed by atoms with Crippen LogP contribution in [-0.2, 0) is 4.79 Å². The molecule has 2 rings (SSSR count). The topological polar surface area (TPSA) is 40.5 Å². The van der Waals surface area contributed by atoms with Crippen LogP contribution in [0.2, 0.25) is 0 Å². The number of aliphatic hydroxyl groups is 1. The Balaban J connectivity index is 2.02. The highest BCUT2D eigenvalue weighted by Gasteiger charge is 2.26. The first-order valence-corrected chi connectivity index (χ1v) is 6.85. The maximum Gasteiger partial charge on any atom is 0.246 e. The Labute approximate surface area is 115 Å². The molecule has 1 atom stereocenters. The van der Waals surface area contributed by atoms with Crippen LogP contribution < -0.4 is 0 Å². The number of hydrogen-bond donors (Lipinski definition) is 1. The number of halogens is 1. The Hall–Kier alpha value is -1.13. The van der Waals surface area contributed by atoms with Crippen LogP contribution in [-0.4, -0.2) is 35.1 Å². The quantitative estimate of drug-likeness (QED) is 0.871. The van der Waals surface area contributed by atoms with Gasteiger partial charge in [0.05, 0.1) is 12.6 Å². The molecule has 1 aromatic carbocycles. The van der Waals surface area contributed by atoms with E-state index in [1.807, 2.05) is 24.3 Å². The molecule has 1 aromatic rings. The van der Waals surface area contributed by atoms with Gasteiger partial charge in [-0.2, -0.15) is 0 Å². The molecule has 0 saturated carbocycles. The molecule has 1 amide bonds. The SMILES string of the molecule is O=C(C=Cc1cccc(Br)c1)N1CCCC1CO. The fourth-order valence-electron chi connectivity index (χ4n) is 2.19. The number of nitrogens with zero attached hydrogens (tertiary/aromatic N) is 1. The van der Waals surface area contributed by atoms with Gasteiger partial charge in [0.25, 0.3) is 0 Å². The maximum absolute atomic E-state index is 12.0. The normalized spacial score (nSPS) is 19.7. The molecule has 1 N–H and O–H groups in total. The highest BCUT2D eigenvalue weighted by atomic mass is 79.9. The first kappa shape index (κ1) is 13.3. The van der Waals surface area contributed by atoms with E-state index in [2.05, 4.69) is 15.9 Å². The van der Waals surface area contributed by atoms with E-state index >= 15 is 0 Å². The smallest absolute Gasteiger partial charge is 0.246 e. The van der Waals surface area contributed by atoms with Gasteiger partial charge in [-0.05, 0) is 36.6 Å². The van der Waals surface area contributed by atoms with E-state index in [0.29, 0.717) is 0 Å². The zero-order valence-corrected chi connectivity index (χ0v) is 11.6. The van der Waals surface area contributed by atoms with E-state index in [1.165, 1.54) is 0 Å². The van der Waals surface area contributed by atoms with Crippen molar-refractivity contribution in [2.45, 2.75) is 18.9 Å². The van der Waals surface area contributed by atoms with Crippen molar-refractivity contribution in [3.8, 4) is 0 Å². The van der Waals surface area contributed by atoms with Crippen LogP contribution in [0.15, 0.2) is 34.8 Å². The van der Waals surface area contributed by atoms with Gasteiger partial charge in [-0.25, -0.2) is 0 Å². The second-order valence-electron chi connectivity index (χ2n) is 4.40. The lowest BCUT2D eigenvalue weighted by molar-refractivity contribution is -0.127. The van der Waals surface area contributed by atoms with E-state index < -0.39 is 0 Å². The average Bonchev–Trinajstić information content (AvgIpc) is 2.84. The predicted molar refractivity (Wildman–Crippen MR) is 75.0 cm³/mol. The van der Waals surface area contributed by atoms with Crippen LogP contribution in [0.1, 0.15) is 18.4 Å². The number of likely N-dealkylation sites (tertiary alicyclic amines) is 1. The van der Waals surface area contributed by atoms with Crippen LogP contribution in [0, 0.1) is 0 Å². The van der Waals surface area contributed by atoms with Crippen molar-refractivity contribution in [2.24, 2.45) is 0 Å². The number of carbonyl (C=O) groups is 1. The average molecular weight is 310 g/mol. The van der Waals surface area contributed by atoms with Gasteiger partial charge < -0.3 is 10.0 Å². The first-order valence-electron chi connectivity index (χ1n) is 6.06. The molecule has 0 bridgehead atoms. The summed E-state index contributed by atoms with van der Waals surface area (Å²) in [5, 5.41) is 9.18. The third kappa shape index (κ3) is 3.21. The largest absolute Gasteiger partial charge is 0.394 e. The van der Waals surface area contributed by atoms with Crippen LogP contribution in [0.25, 0.3) is 6.08 Å². The second kappa shape index (κ2) is 6.16. The predicted octanol–water partition coefficient (Wildman–Crippen LogP) is 2.45. The minimum Gasteiger partial charge on any atom is -0.394 e. The van der Waals surface area contributed by atoms with Gasteiger partial charge >= 0.3 is 0 Å². The van der Waals surface area contributed by atoms with Crippen molar-refractivity contribution in [2.75, 3.05) is 13.2 Å². The molecule has 0 aliphatic carbocycles. The van der Waals surface area contributed by atoms with Crippen molar-refractivity contribution in [1.29, 1.82) is 0 Å². The van der Waals surface area contributed by atoms with Crippen molar-refractivity contribution in [3.63, 3.8) is 0 Å². The molecule has 4 heteroatoms. The lowest BCUT2D eigenvalue weighted by Gasteiger charge is -2.21. The zero-order valence-electron chi connectivity index (χ0n) is 10.1. The van der Waals surface area contributed by atoms with E-state index in [4.69, 9.17) is 0 Å². The van der Waals surface area contributed by atoms with Crippen LogP contribution in [0.4, 0.5) is 0 Å². The molecular weight excluding hydrogens is 294 g/mol. The van der Waals surface area contributed by atoms with E-state index in [9.17, 15) is 9.90 Å². The summed E-state index contributed by atoms with van der Waals surface area (Å²) in [7, 11) is 0. The molecular formula is C14H16BrNO2. The molecule has 1 unspecified atom stereocenters. The molecule has 0 radical (unpaired) electrons. The van der Waals surface area contributed by atoms with Gasteiger partial charge in [-0.15, -0.1) is 0 Å². The molecule has 1 saturated heterocycles. The van der Waals surface area contributed by atoms with Crippen LogP contribution in [0.3, 0.4) is 0 Å². The molecule has 1 heterocycles. The number of hydrogen-bond acceptors (Lipinski definition) is 2. The summed E-state index contributed by atoms with van der Waals surface area (Å²) in [5.41, 5.74) is 0.984. The van der Waals surface area contributed by atoms with Crippen molar-refractivity contribution in [1.82, 2.24) is 4.90 Å². The molecule has 1 fully saturated rings. The number of amides is 1. The maximum atomic E-state index is 12.0. The summed E-state index contributed by atoms with van der Waals surface area (Å²) in [6.07, 6.45) is 5.25. The lowest BCUT2D eigenvalue weighted by atomic mass is 10.2. The fraction of sp³-hybridized carbons (Fsp3) is 0.357. The number of benzene rings is 1. The zero-order chi connectivity index (χ0) is 13.0. The molecule has 3 nitrogen and oxygen atoms in total. The fourth-order valence-corrected chi connectivity index (χ4v) is 2.61. The van der Waals surface area contributed by atoms with Crippen LogP contribution in [0.5, 0.6) is 0 Å². The van der Waals surface area contributed by atoms with Gasteiger partial charge in [0.1, 0.15) is 0 Å². The van der Waals surface area contributed by atoms with Gasteiger partial charge in [0.15, 0.2) is 0 Å². The summed E-state index contributed by atoms with van der Waals surface area (Å²) in [6, 6.07) is 7.77. The molecule has 18 heavy (non-hydrogen) atoms. The van der Waals surface area contributed by atoms with Gasteiger partial charge in [-0.1, -0.05) is 28.1 Å². The molecule has 0 spiro atoms. The lowest BCUT2D eigenvalue weighted by Crippen LogP contribution is -2.36. The summed E-state index contributed by atoms with van der Waals surface area (Å²) >= 11 is 3.39. The van der Waals surface area contributed by atoms with Crippen molar-refractivity contribution >= 4 is 27.9 Å². The Morgan fingerprint density at radius 1 is 1.56 bits per heavy atom. The van der Waals surface area contributed by atoms with E-state index in [-0.39, 0.29) is 18.6 Å². The first-order chi connectivity index (χ1) is 8.70. The number of rotatable bonds is 3. The molecule has 96 valence electrons. The van der Waals surface area contributed by atoms with Gasteiger partial charge in [-0.3, -0.25) is 4.79 Å². The molecule has 1 aliphatic heterocycles. The molecule has 0 aromatic heterocycles. The minimum atomic E-state index is -0.0217. The highest BCUT2D eigenvalue weighted by molar-refractivity contribution is 9.10. The Morgan fingerprint density at radius 3 is 3.11 bits per heavy atom. The van der Waals surface area contributed by atoms with Crippen molar-refractivity contribution in [3.05, 3.63) is 40.4 Å². The van der Waals surface area contributed by atoms with E-state index in [1.54, 1.807) is 17.1 Å². The minimum absolute atomic E-state index is 0.00957. The van der Waals surface area contributed by atoms with Gasteiger partial charge in [0.2, 0.25) is 5.91 Å². The Kier molecular flexibility index (Phi) is 4.55. The molecule has 1 aliphatic rings. The summed E-state index contributed by atoms with van der Waals surface area (Å²) in [4.78, 5) is 13.7.